The molecule has 1 saturated carbocycles. The zero-order valence-electron chi connectivity index (χ0n) is 13.9. The van der Waals surface area contributed by atoms with Crippen LogP contribution in [0.5, 0.6) is 0 Å². The lowest BCUT2D eigenvalue weighted by atomic mass is 9.86. The number of rotatable bonds is 3. The molecule has 3 aromatic heterocycles. The monoisotopic (exact) mass is 393 g/mol. The topological polar surface area (TPSA) is 82.6 Å². The third-order valence-electron chi connectivity index (χ3n) is 4.79. The Morgan fingerprint density at radius 1 is 1.22 bits per heavy atom. The van der Waals surface area contributed by atoms with Gasteiger partial charge in [0.15, 0.2) is 10.9 Å². The SMILES string of the molecule is Fc1cnc(Nc2nc3c(s2)CCN(C2CC(F)(F)C2)c2[nH]ncc2-3)nc1. The highest BCUT2D eigenvalue weighted by molar-refractivity contribution is 7.16. The van der Waals surface area contributed by atoms with E-state index in [2.05, 4.69) is 30.5 Å². The minimum atomic E-state index is -2.58. The van der Waals surface area contributed by atoms with Crippen molar-refractivity contribution in [1.29, 1.82) is 0 Å². The molecule has 0 amide bonds. The Kier molecular flexibility index (Phi) is 3.61. The van der Waals surface area contributed by atoms with E-state index in [1.807, 2.05) is 4.90 Å². The van der Waals surface area contributed by atoms with Gasteiger partial charge >= 0.3 is 0 Å². The summed E-state index contributed by atoms with van der Waals surface area (Å²) in [6, 6.07) is -0.196. The number of aromatic nitrogens is 5. The summed E-state index contributed by atoms with van der Waals surface area (Å²) < 4.78 is 39.6. The zero-order valence-corrected chi connectivity index (χ0v) is 14.7. The van der Waals surface area contributed by atoms with Gasteiger partial charge in [-0.05, 0) is 0 Å². The molecule has 2 N–H and O–H groups in total. The molecule has 0 spiro atoms. The van der Waals surface area contributed by atoms with Crippen LogP contribution in [-0.4, -0.2) is 43.7 Å². The van der Waals surface area contributed by atoms with Crippen LogP contribution in [0.3, 0.4) is 0 Å². The summed E-state index contributed by atoms with van der Waals surface area (Å²) in [6.45, 7) is 0.609. The number of hydrogen-bond donors (Lipinski definition) is 2. The normalized spacial score (nSPS) is 18.4. The molecule has 0 aromatic carbocycles. The van der Waals surface area contributed by atoms with Crippen molar-refractivity contribution >= 4 is 28.2 Å². The molecular formula is C16H14F3N7S. The van der Waals surface area contributed by atoms with Gasteiger partial charge in [-0.3, -0.25) is 5.10 Å². The van der Waals surface area contributed by atoms with Crippen molar-refractivity contribution in [3.05, 3.63) is 29.3 Å². The Hall–Kier alpha value is -2.69. The Morgan fingerprint density at radius 3 is 2.74 bits per heavy atom. The maximum absolute atomic E-state index is 13.3. The van der Waals surface area contributed by atoms with E-state index in [-0.39, 0.29) is 24.8 Å². The largest absolute Gasteiger partial charge is 0.353 e. The number of anilines is 3. The number of fused-ring (bicyclic) bond motifs is 3. The number of nitrogens with zero attached hydrogens (tertiary/aromatic N) is 5. The highest BCUT2D eigenvalue weighted by Crippen LogP contribution is 2.46. The summed E-state index contributed by atoms with van der Waals surface area (Å²) in [5.41, 5.74) is 1.56. The molecule has 0 radical (unpaired) electrons. The minimum Gasteiger partial charge on any atom is -0.353 e. The molecule has 4 heterocycles. The first-order valence-electron chi connectivity index (χ1n) is 8.41. The molecule has 1 aliphatic carbocycles. The second-order valence-electron chi connectivity index (χ2n) is 6.63. The van der Waals surface area contributed by atoms with Gasteiger partial charge in [-0.1, -0.05) is 0 Å². The molecule has 27 heavy (non-hydrogen) atoms. The molecule has 1 fully saturated rings. The number of alkyl halides is 2. The molecule has 5 rings (SSSR count). The van der Waals surface area contributed by atoms with E-state index in [1.54, 1.807) is 6.20 Å². The van der Waals surface area contributed by atoms with Gasteiger partial charge in [0.25, 0.3) is 5.92 Å². The molecule has 11 heteroatoms. The summed E-state index contributed by atoms with van der Waals surface area (Å²) in [6.07, 6.45) is 4.23. The number of H-pyrrole nitrogens is 1. The molecule has 2 aliphatic rings. The van der Waals surface area contributed by atoms with Gasteiger partial charge < -0.3 is 10.2 Å². The summed E-state index contributed by atoms with van der Waals surface area (Å²) in [4.78, 5) is 15.4. The molecule has 0 bridgehead atoms. The second-order valence-corrected chi connectivity index (χ2v) is 7.72. The number of aromatic amines is 1. The number of halogens is 3. The number of hydrogen-bond acceptors (Lipinski definition) is 7. The van der Waals surface area contributed by atoms with Crippen LogP contribution in [0.2, 0.25) is 0 Å². The molecule has 0 unspecified atom stereocenters. The first-order chi connectivity index (χ1) is 13.0. The quantitative estimate of drug-likeness (QED) is 0.710. The van der Waals surface area contributed by atoms with Crippen molar-refractivity contribution in [2.75, 3.05) is 16.8 Å². The Morgan fingerprint density at radius 2 is 2.00 bits per heavy atom. The molecule has 0 saturated heterocycles. The molecule has 7 nitrogen and oxygen atoms in total. The van der Waals surface area contributed by atoms with Crippen molar-refractivity contribution in [1.82, 2.24) is 25.1 Å². The Labute approximate surface area is 155 Å². The first-order valence-corrected chi connectivity index (χ1v) is 9.23. The summed E-state index contributed by atoms with van der Waals surface area (Å²) in [5, 5.41) is 10.6. The second kappa shape index (κ2) is 5.91. The van der Waals surface area contributed by atoms with Crippen LogP contribution in [0.25, 0.3) is 11.3 Å². The third-order valence-corrected chi connectivity index (χ3v) is 5.82. The predicted molar refractivity (Wildman–Crippen MR) is 94.0 cm³/mol. The molecule has 0 atom stereocenters. The van der Waals surface area contributed by atoms with E-state index < -0.39 is 11.7 Å². The van der Waals surface area contributed by atoms with E-state index in [4.69, 9.17) is 0 Å². The zero-order chi connectivity index (χ0) is 18.6. The van der Waals surface area contributed by atoms with Gasteiger partial charge in [-0.25, -0.2) is 28.1 Å². The fraction of sp³-hybridized carbons (Fsp3) is 0.375. The third kappa shape index (κ3) is 2.91. The fourth-order valence-electron chi connectivity index (χ4n) is 3.48. The highest BCUT2D eigenvalue weighted by Gasteiger charge is 2.49. The van der Waals surface area contributed by atoms with Crippen LogP contribution in [0.4, 0.5) is 30.1 Å². The van der Waals surface area contributed by atoms with Gasteiger partial charge in [-0.2, -0.15) is 5.10 Å². The van der Waals surface area contributed by atoms with Crippen LogP contribution in [-0.2, 0) is 6.42 Å². The van der Waals surface area contributed by atoms with Crippen LogP contribution < -0.4 is 10.2 Å². The lowest BCUT2D eigenvalue weighted by Gasteiger charge is -2.43. The maximum atomic E-state index is 13.3. The molecule has 1 aliphatic heterocycles. The number of nitrogens with one attached hydrogen (secondary N) is 2. The van der Waals surface area contributed by atoms with Gasteiger partial charge in [-0.15, -0.1) is 11.3 Å². The van der Waals surface area contributed by atoms with Crippen molar-refractivity contribution in [3.63, 3.8) is 0 Å². The summed E-state index contributed by atoms with van der Waals surface area (Å²) >= 11 is 1.44. The Balaban J connectivity index is 1.43. The lowest BCUT2D eigenvalue weighted by Crippen LogP contribution is -2.51. The van der Waals surface area contributed by atoms with Crippen LogP contribution in [0, 0.1) is 5.82 Å². The van der Waals surface area contributed by atoms with Gasteiger partial charge in [0.1, 0.15) is 5.82 Å². The predicted octanol–water partition coefficient (Wildman–Crippen LogP) is 3.37. The molecule has 3 aromatic rings. The van der Waals surface area contributed by atoms with Gasteiger partial charge in [0.2, 0.25) is 5.95 Å². The van der Waals surface area contributed by atoms with E-state index in [0.29, 0.717) is 18.1 Å². The smallest absolute Gasteiger partial charge is 0.252 e. The van der Waals surface area contributed by atoms with Crippen molar-refractivity contribution < 1.29 is 13.2 Å². The van der Waals surface area contributed by atoms with Crippen molar-refractivity contribution in [3.8, 4) is 11.3 Å². The first kappa shape index (κ1) is 16.5. The van der Waals surface area contributed by atoms with Crippen molar-refractivity contribution in [2.24, 2.45) is 0 Å². The van der Waals surface area contributed by atoms with Crippen LogP contribution in [0.1, 0.15) is 17.7 Å². The molecular weight excluding hydrogens is 379 g/mol. The molecule has 140 valence electrons. The highest BCUT2D eigenvalue weighted by atomic mass is 32.1. The summed E-state index contributed by atoms with van der Waals surface area (Å²) in [7, 11) is 0. The lowest BCUT2D eigenvalue weighted by molar-refractivity contribution is -0.0858. The minimum absolute atomic E-state index is 0.138. The van der Waals surface area contributed by atoms with E-state index in [1.165, 1.54) is 11.3 Å². The van der Waals surface area contributed by atoms with Crippen molar-refractivity contribution in [2.45, 2.75) is 31.2 Å². The maximum Gasteiger partial charge on any atom is 0.252 e. The Bertz CT molecular complexity index is 976. The fourth-order valence-corrected chi connectivity index (χ4v) is 4.44. The average Bonchev–Trinajstić information content (AvgIpc) is 3.20. The van der Waals surface area contributed by atoms with Crippen LogP contribution in [0.15, 0.2) is 18.6 Å². The van der Waals surface area contributed by atoms with E-state index in [0.717, 1.165) is 34.3 Å². The number of thiazole rings is 1. The van der Waals surface area contributed by atoms with Gasteiger partial charge in [0.05, 0.1) is 29.8 Å². The van der Waals surface area contributed by atoms with E-state index >= 15 is 0 Å². The van der Waals surface area contributed by atoms with Crippen LogP contribution >= 0.6 is 11.3 Å². The van der Waals surface area contributed by atoms with Gasteiger partial charge in [0, 0.05) is 36.7 Å². The average molecular weight is 393 g/mol. The summed E-state index contributed by atoms with van der Waals surface area (Å²) in [5.74, 6) is -2.11. The standard InChI is InChI=1S/C16H14F3N7S/c17-8-5-20-14(21-6-8)24-15-23-12-10-7-22-25-13(10)26(2-1-11(12)27-15)9-3-16(18,19)4-9/h5-7,9H,1-4H2,(H,22,25)(H,20,21,23,24). The van der Waals surface area contributed by atoms with E-state index in [9.17, 15) is 13.2 Å².